The summed E-state index contributed by atoms with van der Waals surface area (Å²) in [4.78, 5) is 17.0. The lowest BCUT2D eigenvalue weighted by Gasteiger charge is -2.11. The van der Waals surface area contributed by atoms with Crippen molar-refractivity contribution >= 4 is 21.8 Å². The molecule has 0 spiro atoms. The van der Waals surface area contributed by atoms with Gasteiger partial charge in [-0.25, -0.2) is 4.39 Å². The van der Waals surface area contributed by atoms with Gasteiger partial charge in [-0.15, -0.1) is 0 Å². The van der Waals surface area contributed by atoms with E-state index in [1.54, 1.807) is 24.5 Å². The van der Waals surface area contributed by atoms with E-state index in [1.165, 1.54) is 37.8 Å². The number of nitrogens with zero attached hydrogens (tertiary/aromatic N) is 4. The van der Waals surface area contributed by atoms with Crippen molar-refractivity contribution in [3.05, 3.63) is 84.8 Å². The van der Waals surface area contributed by atoms with Crippen LogP contribution in [0.15, 0.2) is 73.4 Å². The van der Waals surface area contributed by atoms with Crippen LogP contribution in [0.3, 0.4) is 0 Å². The molecule has 0 saturated heterocycles. The molecule has 1 fully saturated rings. The topological polar surface area (TPSA) is 95.2 Å². The lowest BCUT2D eigenvalue weighted by molar-refractivity contribution is 0.489. The van der Waals surface area contributed by atoms with E-state index in [2.05, 4.69) is 53.6 Å². The van der Waals surface area contributed by atoms with Crippen molar-refractivity contribution in [1.29, 1.82) is 0 Å². The molecule has 0 bridgehead atoms. The van der Waals surface area contributed by atoms with Gasteiger partial charge in [-0.1, -0.05) is 25.0 Å². The molecule has 1 aliphatic rings. The van der Waals surface area contributed by atoms with E-state index in [0.717, 1.165) is 80.1 Å². The largest absolute Gasteiger partial charge is 0.352 e. The van der Waals surface area contributed by atoms with E-state index in [4.69, 9.17) is 0 Å². The molecule has 1 aromatic carbocycles. The second-order valence-electron chi connectivity index (χ2n) is 10.4. The maximum Gasteiger partial charge on any atom is 0.123 e. The summed E-state index contributed by atoms with van der Waals surface area (Å²) in [6.07, 6.45) is 14.6. The van der Waals surface area contributed by atoms with Crippen molar-refractivity contribution in [2.75, 3.05) is 6.54 Å². The number of pyridine rings is 3. The standard InChI is InChI=1S/C31H28FN7/c32-23-7-5-21(6-8-23)26-16-35-17-29-24(26)10-28(37-29)31-25-11-27(36-18-30(25)38-39-31)22-9-20(14-34-15-22)13-33-12-19-3-1-2-4-19/h5-11,14-19,33,37H,1-4,12-13H2,(H,38,39). The zero-order chi connectivity index (χ0) is 26.2. The fourth-order valence-electron chi connectivity index (χ4n) is 5.68. The van der Waals surface area contributed by atoms with Crippen molar-refractivity contribution in [2.45, 2.75) is 32.2 Å². The normalized spacial score (nSPS) is 14.1. The van der Waals surface area contributed by atoms with Crippen molar-refractivity contribution in [2.24, 2.45) is 5.92 Å². The number of aromatic amines is 2. The minimum Gasteiger partial charge on any atom is -0.352 e. The second-order valence-corrected chi connectivity index (χ2v) is 10.4. The minimum absolute atomic E-state index is 0.262. The highest BCUT2D eigenvalue weighted by atomic mass is 19.1. The molecule has 3 N–H and O–H groups in total. The number of nitrogens with one attached hydrogen (secondary N) is 3. The summed E-state index contributed by atoms with van der Waals surface area (Å²) in [5, 5.41) is 13.3. The van der Waals surface area contributed by atoms with Gasteiger partial charge in [-0.3, -0.25) is 20.1 Å². The van der Waals surface area contributed by atoms with Gasteiger partial charge in [0.1, 0.15) is 11.5 Å². The first-order valence-corrected chi connectivity index (χ1v) is 13.4. The Morgan fingerprint density at radius 1 is 0.846 bits per heavy atom. The van der Waals surface area contributed by atoms with E-state index in [1.807, 2.05) is 18.6 Å². The van der Waals surface area contributed by atoms with Crippen LogP contribution in [-0.2, 0) is 6.54 Å². The van der Waals surface area contributed by atoms with Crippen LogP contribution in [0.1, 0.15) is 31.2 Å². The van der Waals surface area contributed by atoms with Crippen LogP contribution in [0.5, 0.6) is 0 Å². The van der Waals surface area contributed by atoms with Crippen LogP contribution in [0, 0.1) is 11.7 Å². The van der Waals surface area contributed by atoms with Crippen LogP contribution in [0.4, 0.5) is 4.39 Å². The van der Waals surface area contributed by atoms with Crippen LogP contribution in [0.2, 0.25) is 0 Å². The summed E-state index contributed by atoms with van der Waals surface area (Å²) in [7, 11) is 0. The van der Waals surface area contributed by atoms with Gasteiger partial charge in [-0.2, -0.15) is 5.10 Å². The molecule has 0 aliphatic heterocycles. The predicted molar refractivity (Wildman–Crippen MR) is 151 cm³/mol. The molecule has 194 valence electrons. The van der Waals surface area contributed by atoms with Gasteiger partial charge in [-0.05, 0) is 66.8 Å². The zero-order valence-electron chi connectivity index (χ0n) is 21.4. The predicted octanol–water partition coefficient (Wildman–Crippen LogP) is 6.65. The number of H-pyrrole nitrogens is 2. The summed E-state index contributed by atoms with van der Waals surface area (Å²) < 4.78 is 13.5. The van der Waals surface area contributed by atoms with Gasteiger partial charge < -0.3 is 10.3 Å². The first kappa shape index (κ1) is 23.7. The first-order chi connectivity index (χ1) is 19.2. The second kappa shape index (κ2) is 10.0. The molecule has 0 atom stereocenters. The summed E-state index contributed by atoms with van der Waals surface area (Å²) in [6, 6.07) is 12.8. The molecule has 39 heavy (non-hydrogen) atoms. The van der Waals surface area contributed by atoms with E-state index < -0.39 is 0 Å². The van der Waals surface area contributed by atoms with Gasteiger partial charge in [0.25, 0.3) is 0 Å². The lowest BCUT2D eigenvalue weighted by Crippen LogP contribution is -2.20. The average Bonchev–Trinajstić information content (AvgIpc) is 3.73. The Bertz CT molecular complexity index is 1760. The number of hydrogen-bond acceptors (Lipinski definition) is 5. The molecule has 7 rings (SSSR count). The molecule has 6 aromatic rings. The van der Waals surface area contributed by atoms with Gasteiger partial charge in [0.15, 0.2) is 0 Å². The average molecular weight is 518 g/mol. The molecule has 8 heteroatoms. The molecule has 0 amide bonds. The smallest absolute Gasteiger partial charge is 0.123 e. The third-order valence-corrected chi connectivity index (χ3v) is 7.73. The number of benzene rings is 1. The van der Waals surface area contributed by atoms with Gasteiger partial charge >= 0.3 is 0 Å². The van der Waals surface area contributed by atoms with E-state index >= 15 is 0 Å². The quantitative estimate of drug-likeness (QED) is 0.220. The molecule has 1 aliphatic carbocycles. The minimum atomic E-state index is -0.262. The third-order valence-electron chi connectivity index (χ3n) is 7.73. The maximum absolute atomic E-state index is 13.5. The number of hydrogen-bond donors (Lipinski definition) is 3. The highest BCUT2D eigenvalue weighted by molar-refractivity contribution is 6.01. The molecule has 7 nitrogen and oxygen atoms in total. The summed E-state index contributed by atoms with van der Waals surface area (Å²) in [5.74, 6) is 0.541. The maximum atomic E-state index is 13.5. The van der Waals surface area contributed by atoms with Gasteiger partial charge in [0.2, 0.25) is 0 Å². The molecule has 5 aromatic heterocycles. The first-order valence-electron chi connectivity index (χ1n) is 13.4. The Balaban J connectivity index is 1.20. The zero-order valence-corrected chi connectivity index (χ0v) is 21.4. The lowest BCUT2D eigenvalue weighted by atomic mass is 10.0. The highest BCUT2D eigenvalue weighted by Crippen LogP contribution is 2.34. The third kappa shape index (κ3) is 4.68. The van der Waals surface area contributed by atoms with Gasteiger partial charge in [0.05, 0.1) is 34.8 Å². The molecule has 1 saturated carbocycles. The Kier molecular flexibility index (Phi) is 6.09. The van der Waals surface area contributed by atoms with Crippen molar-refractivity contribution in [3.8, 4) is 33.8 Å². The number of aromatic nitrogens is 6. The fraction of sp³-hybridized carbons (Fsp3) is 0.226. The van der Waals surface area contributed by atoms with Crippen LogP contribution in [-0.4, -0.2) is 36.7 Å². The number of rotatable bonds is 7. The Morgan fingerprint density at radius 2 is 1.69 bits per heavy atom. The SMILES string of the molecule is Fc1ccc(-c2cncc3[nH]c(-c4n[nH]c5cnc(-c6cncc(CNCC7CCCC7)c6)cc45)cc23)cc1. The van der Waals surface area contributed by atoms with Gasteiger partial charge in [0, 0.05) is 47.0 Å². The van der Waals surface area contributed by atoms with Crippen molar-refractivity contribution in [1.82, 2.24) is 35.5 Å². The Hall–Kier alpha value is -4.43. The van der Waals surface area contributed by atoms with E-state index in [9.17, 15) is 4.39 Å². The van der Waals surface area contributed by atoms with Crippen LogP contribution in [0.25, 0.3) is 55.6 Å². The number of fused-ring (bicyclic) bond motifs is 2. The van der Waals surface area contributed by atoms with Crippen LogP contribution >= 0.6 is 0 Å². The Morgan fingerprint density at radius 3 is 2.56 bits per heavy atom. The van der Waals surface area contributed by atoms with Crippen molar-refractivity contribution in [3.63, 3.8) is 0 Å². The molecule has 5 heterocycles. The van der Waals surface area contributed by atoms with Crippen molar-refractivity contribution < 1.29 is 4.39 Å². The molecule has 0 unspecified atom stereocenters. The summed E-state index contributed by atoms with van der Waals surface area (Å²) in [6.45, 7) is 1.87. The monoisotopic (exact) mass is 517 g/mol. The summed E-state index contributed by atoms with van der Waals surface area (Å²) >= 11 is 0. The number of halogens is 1. The highest BCUT2D eigenvalue weighted by Gasteiger charge is 2.16. The molecular weight excluding hydrogens is 489 g/mol. The van der Waals surface area contributed by atoms with E-state index in [0.29, 0.717) is 0 Å². The Labute approximate surface area is 224 Å². The molecular formula is C31H28FN7. The molecule has 0 radical (unpaired) electrons. The van der Waals surface area contributed by atoms with E-state index in [-0.39, 0.29) is 5.82 Å². The summed E-state index contributed by atoms with van der Waals surface area (Å²) in [5.41, 5.74) is 8.22. The fourth-order valence-corrected chi connectivity index (χ4v) is 5.68. The van der Waals surface area contributed by atoms with Crippen LogP contribution < -0.4 is 5.32 Å².